The summed E-state index contributed by atoms with van der Waals surface area (Å²) in [6.45, 7) is 7.59. The minimum atomic E-state index is 0.250. The second kappa shape index (κ2) is 8.02. The van der Waals surface area contributed by atoms with Gasteiger partial charge in [0.25, 0.3) is 0 Å². The summed E-state index contributed by atoms with van der Waals surface area (Å²) in [5.41, 5.74) is 1.31. The Kier molecular flexibility index (Phi) is 5.78. The first-order valence-corrected chi connectivity index (χ1v) is 9.58. The highest BCUT2D eigenvalue weighted by Crippen LogP contribution is 2.30. The number of hydrogen-bond donors (Lipinski definition) is 1. The van der Waals surface area contributed by atoms with Crippen LogP contribution < -0.4 is 10.1 Å². The average Bonchev–Trinajstić information content (AvgIpc) is 2.60. The fourth-order valence-electron chi connectivity index (χ4n) is 3.77. The quantitative estimate of drug-likeness (QED) is 0.737. The maximum Gasteiger partial charge on any atom is 0.124 e. The van der Waals surface area contributed by atoms with Gasteiger partial charge in [-0.25, -0.2) is 0 Å². The Morgan fingerprint density at radius 1 is 1.17 bits per heavy atom. The number of fused-ring (bicyclic) bond motifs is 1. The van der Waals surface area contributed by atoms with E-state index in [9.17, 15) is 0 Å². The Labute approximate surface area is 146 Å². The molecule has 0 aromatic heterocycles. The van der Waals surface area contributed by atoms with Crippen LogP contribution >= 0.6 is 0 Å². The van der Waals surface area contributed by atoms with Crippen molar-refractivity contribution in [2.75, 3.05) is 0 Å². The van der Waals surface area contributed by atoms with E-state index in [4.69, 9.17) is 4.74 Å². The summed E-state index contributed by atoms with van der Waals surface area (Å²) in [4.78, 5) is 0. The van der Waals surface area contributed by atoms with E-state index in [1.54, 1.807) is 0 Å². The van der Waals surface area contributed by atoms with Crippen LogP contribution in [0.4, 0.5) is 0 Å². The average molecular weight is 325 g/mol. The summed E-state index contributed by atoms with van der Waals surface area (Å²) in [7, 11) is 0. The van der Waals surface area contributed by atoms with Gasteiger partial charge in [-0.15, -0.1) is 0 Å². The molecular weight excluding hydrogens is 294 g/mol. The molecule has 2 aromatic rings. The fraction of sp³-hybridized carbons (Fsp3) is 0.545. The molecule has 0 radical (unpaired) electrons. The molecule has 3 unspecified atom stereocenters. The molecule has 0 saturated heterocycles. The molecule has 2 nitrogen and oxygen atoms in total. The molecule has 0 amide bonds. The SMILES string of the molecule is CCC(C)Oc1ccc2ccccc2c1CNC1CCCC(C)C1. The Hall–Kier alpha value is -1.54. The lowest BCUT2D eigenvalue weighted by molar-refractivity contribution is 0.214. The molecule has 1 N–H and O–H groups in total. The van der Waals surface area contributed by atoms with Crippen molar-refractivity contribution in [3.05, 3.63) is 42.0 Å². The molecule has 1 aliphatic rings. The van der Waals surface area contributed by atoms with Crippen LogP contribution in [0.3, 0.4) is 0 Å². The number of rotatable bonds is 6. The van der Waals surface area contributed by atoms with Crippen molar-refractivity contribution in [2.24, 2.45) is 5.92 Å². The lowest BCUT2D eigenvalue weighted by Gasteiger charge is -2.28. The molecule has 0 spiro atoms. The molecule has 24 heavy (non-hydrogen) atoms. The zero-order valence-corrected chi connectivity index (χ0v) is 15.3. The molecule has 0 heterocycles. The lowest BCUT2D eigenvalue weighted by Crippen LogP contribution is -2.33. The van der Waals surface area contributed by atoms with Gasteiger partial charge in [0.15, 0.2) is 0 Å². The third-order valence-electron chi connectivity index (χ3n) is 5.40. The van der Waals surface area contributed by atoms with E-state index in [1.165, 1.54) is 42.0 Å². The van der Waals surface area contributed by atoms with Crippen molar-refractivity contribution in [1.82, 2.24) is 5.32 Å². The van der Waals surface area contributed by atoms with Crippen LogP contribution in [-0.2, 0) is 6.54 Å². The van der Waals surface area contributed by atoms with E-state index in [0.717, 1.165) is 24.6 Å². The lowest BCUT2D eigenvalue weighted by atomic mass is 9.87. The molecule has 130 valence electrons. The Balaban J connectivity index is 1.83. The molecule has 2 heteroatoms. The zero-order chi connectivity index (χ0) is 16.9. The van der Waals surface area contributed by atoms with Gasteiger partial charge in [-0.05, 0) is 48.9 Å². The molecule has 0 bridgehead atoms. The third-order valence-corrected chi connectivity index (χ3v) is 5.40. The van der Waals surface area contributed by atoms with Gasteiger partial charge < -0.3 is 10.1 Å². The standard InChI is InChI=1S/C22H31NO/c1-4-17(3)24-22-13-12-18-9-5-6-11-20(18)21(22)15-23-19-10-7-8-16(2)14-19/h5-6,9,11-13,16-17,19,23H,4,7-8,10,14-15H2,1-3H3. The number of benzene rings is 2. The van der Waals surface area contributed by atoms with Crippen molar-refractivity contribution in [3.63, 3.8) is 0 Å². The maximum atomic E-state index is 6.22. The molecule has 1 saturated carbocycles. The van der Waals surface area contributed by atoms with E-state index in [1.807, 2.05) is 0 Å². The van der Waals surface area contributed by atoms with Crippen LogP contribution in [0.2, 0.25) is 0 Å². The minimum absolute atomic E-state index is 0.250. The number of ether oxygens (including phenoxy) is 1. The van der Waals surface area contributed by atoms with Crippen molar-refractivity contribution in [1.29, 1.82) is 0 Å². The molecule has 0 aliphatic heterocycles. The van der Waals surface area contributed by atoms with Crippen LogP contribution in [0, 0.1) is 5.92 Å². The van der Waals surface area contributed by atoms with Gasteiger partial charge >= 0.3 is 0 Å². The Morgan fingerprint density at radius 2 is 2.00 bits per heavy atom. The van der Waals surface area contributed by atoms with E-state index >= 15 is 0 Å². The van der Waals surface area contributed by atoms with Crippen molar-refractivity contribution >= 4 is 10.8 Å². The first kappa shape index (κ1) is 17.3. The Morgan fingerprint density at radius 3 is 2.79 bits per heavy atom. The normalized spacial score (nSPS) is 22.5. The molecule has 3 rings (SSSR count). The van der Waals surface area contributed by atoms with E-state index in [0.29, 0.717) is 6.04 Å². The highest BCUT2D eigenvalue weighted by molar-refractivity contribution is 5.87. The summed E-state index contributed by atoms with van der Waals surface area (Å²) in [6, 6.07) is 13.6. The summed E-state index contributed by atoms with van der Waals surface area (Å²) >= 11 is 0. The Bertz CT molecular complexity index is 666. The van der Waals surface area contributed by atoms with Crippen molar-refractivity contribution in [2.45, 2.75) is 71.6 Å². The molecule has 3 atom stereocenters. The highest BCUT2D eigenvalue weighted by atomic mass is 16.5. The van der Waals surface area contributed by atoms with E-state index in [2.05, 4.69) is 62.5 Å². The second-order valence-corrected chi connectivity index (χ2v) is 7.45. The highest BCUT2D eigenvalue weighted by Gasteiger charge is 2.19. The van der Waals surface area contributed by atoms with Gasteiger partial charge in [-0.2, -0.15) is 0 Å². The van der Waals surface area contributed by atoms with E-state index in [-0.39, 0.29) is 6.10 Å². The maximum absolute atomic E-state index is 6.22. The largest absolute Gasteiger partial charge is 0.490 e. The fourth-order valence-corrected chi connectivity index (χ4v) is 3.77. The first-order chi connectivity index (χ1) is 11.7. The van der Waals surface area contributed by atoms with Crippen LogP contribution in [0.15, 0.2) is 36.4 Å². The van der Waals surface area contributed by atoms with Crippen LogP contribution in [0.5, 0.6) is 5.75 Å². The van der Waals surface area contributed by atoms with Crippen molar-refractivity contribution in [3.8, 4) is 5.75 Å². The zero-order valence-electron chi connectivity index (χ0n) is 15.3. The first-order valence-electron chi connectivity index (χ1n) is 9.58. The van der Waals surface area contributed by atoms with Gasteiger partial charge in [0.05, 0.1) is 6.10 Å². The van der Waals surface area contributed by atoms with Crippen LogP contribution in [0.25, 0.3) is 10.8 Å². The minimum Gasteiger partial charge on any atom is -0.490 e. The summed E-state index contributed by atoms with van der Waals surface area (Å²) < 4.78 is 6.22. The second-order valence-electron chi connectivity index (χ2n) is 7.45. The number of nitrogens with one attached hydrogen (secondary N) is 1. The summed E-state index contributed by atoms with van der Waals surface area (Å²) in [6.07, 6.45) is 6.61. The van der Waals surface area contributed by atoms with E-state index < -0.39 is 0 Å². The number of hydrogen-bond acceptors (Lipinski definition) is 2. The monoisotopic (exact) mass is 325 g/mol. The molecule has 1 fully saturated rings. The molecule has 1 aliphatic carbocycles. The van der Waals surface area contributed by atoms with Gasteiger partial charge in [-0.1, -0.05) is 57.0 Å². The topological polar surface area (TPSA) is 21.3 Å². The van der Waals surface area contributed by atoms with Crippen LogP contribution in [0.1, 0.15) is 58.4 Å². The van der Waals surface area contributed by atoms with Gasteiger partial charge in [0, 0.05) is 18.2 Å². The van der Waals surface area contributed by atoms with Gasteiger partial charge in [-0.3, -0.25) is 0 Å². The smallest absolute Gasteiger partial charge is 0.124 e. The summed E-state index contributed by atoms with van der Waals surface area (Å²) in [5, 5.41) is 6.42. The van der Waals surface area contributed by atoms with Gasteiger partial charge in [0.2, 0.25) is 0 Å². The van der Waals surface area contributed by atoms with Crippen molar-refractivity contribution < 1.29 is 4.74 Å². The molecular formula is C22H31NO. The van der Waals surface area contributed by atoms with Crippen LogP contribution in [-0.4, -0.2) is 12.1 Å². The summed E-state index contributed by atoms with van der Waals surface area (Å²) in [5.74, 6) is 1.89. The van der Waals surface area contributed by atoms with Gasteiger partial charge in [0.1, 0.15) is 5.75 Å². The predicted octanol–water partition coefficient (Wildman–Crippen LogP) is 5.69. The third kappa shape index (κ3) is 4.10. The predicted molar refractivity (Wildman–Crippen MR) is 103 cm³/mol. The molecule has 2 aromatic carbocycles.